The molecule has 1 saturated heterocycles. The van der Waals surface area contributed by atoms with E-state index in [1.165, 1.54) is 12.8 Å². The summed E-state index contributed by atoms with van der Waals surface area (Å²) in [7, 11) is 0. The van der Waals surface area contributed by atoms with E-state index in [1.54, 1.807) is 0 Å². The minimum Gasteiger partial charge on any atom is -0.376 e. The van der Waals surface area contributed by atoms with Gasteiger partial charge in [0.25, 0.3) is 0 Å². The average molecular weight is 359 g/mol. The second-order valence-electron chi connectivity index (χ2n) is 8.42. The van der Waals surface area contributed by atoms with Crippen molar-refractivity contribution in [3.8, 4) is 0 Å². The molecule has 7 nitrogen and oxygen atoms in total. The molecule has 0 aromatic carbocycles. The molecule has 0 radical (unpaired) electrons. The molecule has 1 aromatic heterocycles. The molecular formula is C19H29N5O2. The van der Waals surface area contributed by atoms with Crippen LogP contribution in [-0.4, -0.2) is 53.7 Å². The highest BCUT2D eigenvalue weighted by atomic mass is 16.5. The van der Waals surface area contributed by atoms with E-state index in [0.717, 1.165) is 36.7 Å². The van der Waals surface area contributed by atoms with Crippen molar-refractivity contribution >= 4 is 12.0 Å². The number of urea groups is 1. The molecule has 1 aromatic rings. The number of nitrogens with one attached hydrogen (secondary N) is 2. The molecule has 2 N–H and O–H groups in total. The summed E-state index contributed by atoms with van der Waals surface area (Å²) >= 11 is 0. The van der Waals surface area contributed by atoms with Crippen LogP contribution in [-0.2, 0) is 16.8 Å². The quantitative estimate of drug-likeness (QED) is 0.842. The van der Waals surface area contributed by atoms with E-state index in [0.29, 0.717) is 38.2 Å². The van der Waals surface area contributed by atoms with Crippen molar-refractivity contribution in [3.05, 3.63) is 17.5 Å². The maximum absolute atomic E-state index is 12.5. The molecule has 0 bridgehead atoms. The Kier molecular flexibility index (Phi) is 4.73. The van der Waals surface area contributed by atoms with Gasteiger partial charge in [-0.1, -0.05) is 13.8 Å². The third kappa shape index (κ3) is 3.63. The third-order valence-electron chi connectivity index (χ3n) is 5.55. The molecule has 7 heteroatoms. The Morgan fingerprint density at radius 3 is 3.08 bits per heavy atom. The molecule has 1 spiro atoms. The fraction of sp³-hybridized carbons (Fsp3) is 0.737. The standard InChI is InChI=1S/C19H29N5O2/c1-13(2)7-22-18(25)24-6-5-19(11-24)12-26-10-15-9-21-17(23-16(15)19)20-8-14-3-4-14/h9,13-14H,3-8,10-12H2,1-2H3,(H,22,25)(H,20,21,23)/t19-/m0/s1. The van der Waals surface area contributed by atoms with Gasteiger partial charge in [-0.05, 0) is 31.1 Å². The SMILES string of the molecule is CC(C)CNC(=O)N1CC[C@@]2(COCc3cnc(NCC4CC4)nc32)C1. The van der Waals surface area contributed by atoms with E-state index in [2.05, 4.69) is 29.5 Å². The summed E-state index contributed by atoms with van der Waals surface area (Å²) in [6, 6.07) is 0.0174. The predicted molar refractivity (Wildman–Crippen MR) is 99.0 cm³/mol. The summed E-state index contributed by atoms with van der Waals surface area (Å²) in [6.45, 7) is 8.42. The van der Waals surface area contributed by atoms with Crippen LogP contribution in [0.5, 0.6) is 0 Å². The zero-order valence-corrected chi connectivity index (χ0v) is 15.8. The van der Waals surface area contributed by atoms with E-state index in [4.69, 9.17) is 9.72 Å². The lowest BCUT2D eigenvalue weighted by atomic mass is 9.81. The summed E-state index contributed by atoms with van der Waals surface area (Å²) in [4.78, 5) is 23.7. The fourth-order valence-electron chi connectivity index (χ4n) is 3.80. The second-order valence-corrected chi connectivity index (χ2v) is 8.42. The van der Waals surface area contributed by atoms with Gasteiger partial charge in [0.15, 0.2) is 0 Å². The van der Waals surface area contributed by atoms with Crippen molar-refractivity contribution in [2.75, 3.05) is 38.1 Å². The van der Waals surface area contributed by atoms with Crippen molar-refractivity contribution < 1.29 is 9.53 Å². The number of nitrogens with zero attached hydrogens (tertiary/aromatic N) is 3. The summed E-state index contributed by atoms with van der Waals surface area (Å²) in [5.74, 6) is 1.93. The Hall–Kier alpha value is -1.89. The molecule has 142 valence electrons. The third-order valence-corrected chi connectivity index (χ3v) is 5.55. The first-order valence-electron chi connectivity index (χ1n) is 9.76. The Morgan fingerprint density at radius 1 is 1.46 bits per heavy atom. The molecular weight excluding hydrogens is 330 g/mol. The second kappa shape index (κ2) is 7.02. The van der Waals surface area contributed by atoms with Crippen molar-refractivity contribution in [1.82, 2.24) is 20.2 Å². The van der Waals surface area contributed by atoms with E-state index >= 15 is 0 Å². The minimum atomic E-state index is -0.207. The molecule has 1 saturated carbocycles. The van der Waals surface area contributed by atoms with Gasteiger partial charge < -0.3 is 20.3 Å². The van der Waals surface area contributed by atoms with Crippen LogP contribution in [0.3, 0.4) is 0 Å². The number of fused-ring (bicyclic) bond motifs is 2. The van der Waals surface area contributed by atoms with Crippen LogP contribution in [0, 0.1) is 11.8 Å². The minimum absolute atomic E-state index is 0.0174. The van der Waals surface area contributed by atoms with Crippen LogP contribution in [0.4, 0.5) is 10.7 Å². The van der Waals surface area contributed by atoms with Crippen LogP contribution in [0.15, 0.2) is 6.20 Å². The highest BCUT2D eigenvalue weighted by Gasteiger charge is 2.46. The van der Waals surface area contributed by atoms with Gasteiger partial charge in [0.2, 0.25) is 5.95 Å². The molecule has 26 heavy (non-hydrogen) atoms. The molecule has 3 heterocycles. The van der Waals surface area contributed by atoms with E-state index in [1.807, 2.05) is 11.1 Å². The normalized spacial score (nSPS) is 24.8. The van der Waals surface area contributed by atoms with Crippen molar-refractivity contribution in [2.24, 2.45) is 11.8 Å². The van der Waals surface area contributed by atoms with Gasteiger partial charge in [0.1, 0.15) is 0 Å². The van der Waals surface area contributed by atoms with Crippen LogP contribution in [0.2, 0.25) is 0 Å². The molecule has 4 rings (SSSR count). The number of ether oxygens (including phenoxy) is 1. The molecule has 2 fully saturated rings. The molecule has 1 aliphatic carbocycles. The Morgan fingerprint density at radius 2 is 2.31 bits per heavy atom. The van der Waals surface area contributed by atoms with Gasteiger partial charge in [0.05, 0.1) is 24.3 Å². The van der Waals surface area contributed by atoms with Crippen molar-refractivity contribution in [3.63, 3.8) is 0 Å². The lowest BCUT2D eigenvalue weighted by molar-refractivity contribution is 0.0519. The lowest BCUT2D eigenvalue weighted by Crippen LogP contribution is -2.45. The number of hydrogen-bond acceptors (Lipinski definition) is 5. The first-order valence-corrected chi connectivity index (χ1v) is 9.76. The van der Waals surface area contributed by atoms with Crippen LogP contribution in [0.25, 0.3) is 0 Å². The van der Waals surface area contributed by atoms with Gasteiger partial charge in [0, 0.05) is 37.9 Å². The predicted octanol–water partition coefficient (Wildman–Crippen LogP) is 2.14. The van der Waals surface area contributed by atoms with Crippen molar-refractivity contribution in [2.45, 2.75) is 45.1 Å². The number of carbonyl (C=O) groups excluding carboxylic acids is 1. The highest BCUT2D eigenvalue weighted by molar-refractivity contribution is 5.74. The highest BCUT2D eigenvalue weighted by Crippen LogP contribution is 2.39. The number of rotatable bonds is 5. The van der Waals surface area contributed by atoms with E-state index < -0.39 is 0 Å². The number of aromatic nitrogens is 2. The Balaban J connectivity index is 1.49. The van der Waals surface area contributed by atoms with E-state index in [9.17, 15) is 4.79 Å². The monoisotopic (exact) mass is 359 g/mol. The maximum atomic E-state index is 12.5. The zero-order valence-electron chi connectivity index (χ0n) is 15.8. The molecule has 1 atom stereocenters. The fourth-order valence-corrected chi connectivity index (χ4v) is 3.80. The van der Waals surface area contributed by atoms with Gasteiger partial charge in [-0.25, -0.2) is 14.8 Å². The molecule has 0 unspecified atom stereocenters. The maximum Gasteiger partial charge on any atom is 0.317 e. The molecule has 2 aliphatic heterocycles. The van der Waals surface area contributed by atoms with Gasteiger partial charge in [-0.3, -0.25) is 0 Å². The number of amides is 2. The van der Waals surface area contributed by atoms with Crippen LogP contribution >= 0.6 is 0 Å². The smallest absolute Gasteiger partial charge is 0.317 e. The number of carbonyl (C=O) groups is 1. The summed E-state index contributed by atoms with van der Waals surface area (Å²) < 4.78 is 5.85. The summed E-state index contributed by atoms with van der Waals surface area (Å²) in [5, 5.41) is 6.40. The van der Waals surface area contributed by atoms with Crippen molar-refractivity contribution in [1.29, 1.82) is 0 Å². The number of anilines is 1. The first kappa shape index (κ1) is 17.5. The van der Waals surface area contributed by atoms with Gasteiger partial charge >= 0.3 is 6.03 Å². The lowest BCUT2D eigenvalue weighted by Gasteiger charge is -2.34. The summed E-state index contributed by atoms with van der Waals surface area (Å²) in [6.07, 6.45) is 5.38. The average Bonchev–Trinajstić information content (AvgIpc) is 3.38. The van der Waals surface area contributed by atoms with E-state index in [-0.39, 0.29) is 11.4 Å². The Bertz CT molecular complexity index is 676. The zero-order chi connectivity index (χ0) is 18.1. The topological polar surface area (TPSA) is 79.4 Å². The molecule has 3 aliphatic rings. The largest absolute Gasteiger partial charge is 0.376 e. The Labute approximate surface area is 154 Å². The summed E-state index contributed by atoms with van der Waals surface area (Å²) in [5.41, 5.74) is 1.91. The van der Waals surface area contributed by atoms with Crippen LogP contribution < -0.4 is 10.6 Å². The number of hydrogen-bond donors (Lipinski definition) is 2. The van der Waals surface area contributed by atoms with Crippen LogP contribution in [0.1, 0.15) is 44.4 Å². The number of likely N-dealkylation sites (tertiary alicyclic amines) is 1. The van der Waals surface area contributed by atoms with Gasteiger partial charge in [-0.15, -0.1) is 0 Å². The molecule has 2 amide bonds. The van der Waals surface area contributed by atoms with Gasteiger partial charge in [-0.2, -0.15) is 0 Å². The first-order chi connectivity index (χ1) is 12.6.